The number of ketones is 1. The van der Waals surface area contributed by atoms with E-state index >= 15 is 0 Å². The third kappa shape index (κ3) is 4.76. The van der Waals surface area contributed by atoms with E-state index in [1.807, 2.05) is 0 Å². The Bertz CT molecular complexity index is 198. The summed E-state index contributed by atoms with van der Waals surface area (Å²) in [6, 6.07) is 0.353. The van der Waals surface area contributed by atoms with Gasteiger partial charge < -0.3 is 5.73 Å². The lowest BCUT2D eigenvalue weighted by Gasteiger charge is -2.29. The van der Waals surface area contributed by atoms with Crippen molar-refractivity contribution in [1.29, 1.82) is 0 Å². The van der Waals surface area contributed by atoms with Gasteiger partial charge in [0.1, 0.15) is 5.78 Å². The summed E-state index contributed by atoms with van der Waals surface area (Å²) in [4.78, 5) is 13.9. The maximum Gasteiger partial charge on any atom is 0.147 e. The fraction of sp³-hybridized carbons (Fsp3) is 0.917. The Morgan fingerprint density at radius 2 is 2.07 bits per heavy atom. The summed E-state index contributed by atoms with van der Waals surface area (Å²) >= 11 is 0. The van der Waals surface area contributed by atoms with Crippen LogP contribution in [-0.4, -0.2) is 36.4 Å². The van der Waals surface area contributed by atoms with Gasteiger partial charge in [0.15, 0.2) is 0 Å². The molecule has 0 aromatic rings. The zero-order chi connectivity index (χ0) is 11.3. The smallest absolute Gasteiger partial charge is 0.147 e. The van der Waals surface area contributed by atoms with Crippen molar-refractivity contribution in [1.82, 2.24) is 4.90 Å². The minimum Gasteiger partial charge on any atom is -0.328 e. The van der Waals surface area contributed by atoms with Crippen LogP contribution >= 0.6 is 0 Å². The van der Waals surface area contributed by atoms with Crippen LogP contribution in [0, 0.1) is 5.92 Å². The Hall–Kier alpha value is -0.410. The molecule has 0 radical (unpaired) electrons. The average Bonchev–Trinajstić information content (AvgIpc) is 2.21. The maximum atomic E-state index is 11.7. The van der Waals surface area contributed by atoms with Crippen LogP contribution in [0.2, 0.25) is 0 Å². The van der Waals surface area contributed by atoms with Gasteiger partial charge in [0, 0.05) is 25.6 Å². The molecule has 15 heavy (non-hydrogen) atoms. The van der Waals surface area contributed by atoms with E-state index in [0.717, 1.165) is 38.8 Å². The molecule has 1 rings (SSSR count). The molecular formula is C12H24N2O. The zero-order valence-corrected chi connectivity index (χ0v) is 10.0. The minimum atomic E-state index is 0.353. The van der Waals surface area contributed by atoms with Gasteiger partial charge in [0.05, 0.1) is 6.54 Å². The van der Waals surface area contributed by atoms with E-state index in [0.29, 0.717) is 24.3 Å². The van der Waals surface area contributed by atoms with Crippen molar-refractivity contribution in [3.63, 3.8) is 0 Å². The highest BCUT2D eigenvalue weighted by atomic mass is 16.1. The van der Waals surface area contributed by atoms with E-state index in [2.05, 4.69) is 18.7 Å². The Morgan fingerprint density at radius 1 is 1.47 bits per heavy atom. The number of piperidine rings is 1. The van der Waals surface area contributed by atoms with Gasteiger partial charge in [-0.2, -0.15) is 0 Å². The molecule has 0 aromatic heterocycles. The van der Waals surface area contributed by atoms with Crippen LogP contribution in [0.25, 0.3) is 0 Å². The summed E-state index contributed by atoms with van der Waals surface area (Å²) < 4.78 is 0. The quantitative estimate of drug-likeness (QED) is 0.749. The number of likely N-dealkylation sites (tertiary alicyclic amines) is 1. The third-order valence-corrected chi connectivity index (χ3v) is 3.31. The predicted octanol–water partition coefficient (Wildman–Crippen LogP) is 1.41. The highest BCUT2D eigenvalue weighted by molar-refractivity contribution is 5.80. The fourth-order valence-corrected chi connectivity index (χ4v) is 1.96. The second kappa shape index (κ2) is 6.23. The highest BCUT2D eigenvalue weighted by Crippen LogP contribution is 2.11. The number of nitrogens with two attached hydrogens (primary N) is 1. The molecule has 0 bridgehead atoms. The van der Waals surface area contributed by atoms with Gasteiger partial charge in [0.25, 0.3) is 0 Å². The molecule has 1 aliphatic heterocycles. The minimum absolute atomic E-state index is 0.353. The topological polar surface area (TPSA) is 46.3 Å². The molecule has 0 spiro atoms. The molecule has 0 aromatic carbocycles. The van der Waals surface area contributed by atoms with Crippen molar-refractivity contribution < 1.29 is 4.79 Å². The van der Waals surface area contributed by atoms with E-state index in [1.165, 1.54) is 0 Å². The summed E-state index contributed by atoms with van der Waals surface area (Å²) in [5.41, 5.74) is 5.82. The van der Waals surface area contributed by atoms with Gasteiger partial charge >= 0.3 is 0 Å². The monoisotopic (exact) mass is 212 g/mol. The standard InChI is InChI=1S/C12H24N2O/c1-3-10(2)8-12(15)9-14-6-4-11(13)5-7-14/h10-11H,3-9,13H2,1-2H3. The summed E-state index contributed by atoms with van der Waals surface area (Å²) in [5, 5.41) is 0. The van der Waals surface area contributed by atoms with Gasteiger partial charge in [-0.25, -0.2) is 0 Å². The van der Waals surface area contributed by atoms with Crippen LogP contribution in [0.4, 0.5) is 0 Å². The number of nitrogens with zero attached hydrogens (tertiary/aromatic N) is 1. The van der Waals surface area contributed by atoms with Gasteiger partial charge in [-0.15, -0.1) is 0 Å². The first-order valence-corrected chi connectivity index (χ1v) is 6.11. The largest absolute Gasteiger partial charge is 0.328 e. The molecule has 1 heterocycles. The van der Waals surface area contributed by atoms with Gasteiger partial charge in [-0.05, 0) is 18.8 Å². The average molecular weight is 212 g/mol. The molecule has 1 fully saturated rings. The van der Waals surface area contributed by atoms with Crippen molar-refractivity contribution in [3.05, 3.63) is 0 Å². The zero-order valence-electron chi connectivity index (χ0n) is 10.0. The lowest BCUT2D eigenvalue weighted by atomic mass is 10.0. The van der Waals surface area contributed by atoms with E-state index in [4.69, 9.17) is 5.73 Å². The summed E-state index contributed by atoms with van der Waals surface area (Å²) in [7, 11) is 0. The molecule has 3 nitrogen and oxygen atoms in total. The van der Waals surface area contributed by atoms with E-state index in [-0.39, 0.29) is 0 Å². The molecule has 1 unspecified atom stereocenters. The first-order valence-electron chi connectivity index (χ1n) is 6.11. The van der Waals surface area contributed by atoms with Crippen molar-refractivity contribution in [2.75, 3.05) is 19.6 Å². The van der Waals surface area contributed by atoms with Crippen molar-refractivity contribution in [2.24, 2.45) is 11.7 Å². The van der Waals surface area contributed by atoms with Crippen molar-refractivity contribution >= 4 is 5.78 Å². The number of carbonyl (C=O) groups is 1. The molecule has 88 valence electrons. The molecule has 0 amide bonds. The van der Waals surface area contributed by atoms with Crippen LogP contribution in [0.3, 0.4) is 0 Å². The first-order chi connectivity index (χ1) is 7.11. The van der Waals surface area contributed by atoms with Crippen molar-refractivity contribution in [2.45, 2.75) is 45.6 Å². The summed E-state index contributed by atoms with van der Waals surface area (Å²) in [6.07, 6.45) is 3.91. The summed E-state index contributed by atoms with van der Waals surface area (Å²) in [5.74, 6) is 0.921. The number of rotatable bonds is 5. The van der Waals surface area contributed by atoms with E-state index < -0.39 is 0 Å². The van der Waals surface area contributed by atoms with Crippen LogP contribution in [0.15, 0.2) is 0 Å². The molecular weight excluding hydrogens is 188 g/mol. The Morgan fingerprint density at radius 3 is 2.60 bits per heavy atom. The number of carbonyl (C=O) groups excluding carboxylic acids is 1. The van der Waals surface area contributed by atoms with Crippen LogP contribution in [0.1, 0.15) is 39.5 Å². The SMILES string of the molecule is CCC(C)CC(=O)CN1CCC(N)CC1. The number of Topliss-reactive ketones (excluding diaryl/α,β-unsaturated/α-hetero) is 1. The Kier molecular flexibility index (Phi) is 5.26. The fourth-order valence-electron chi connectivity index (χ4n) is 1.96. The van der Waals surface area contributed by atoms with Gasteiger partial charge in [0.2, 0.25) is 0 Å². The normalized spacial score (nSPS) is 21.5. The molecule has 1 atom stereocenters. The lowest BCUT2D eigenvalue weighted by molar-refractivity contribution is -0.121. The molecule has 0 saturated carbocycles. The Balaban J connectivity index is 2.20. The number of hydrogen-bond acceptors (Lipinski definition) is 3. The summed E-state index contributed by atoms with van der Waals surface area (Å²) in [6.45, 7) is 6.90. The van der Waals surface area contributed by atoms with Crippen molar-refractivity contribution in [3.8, 4) is 0 Å². The Labute approximate surface area is 93.0 Å². The highest BCUT2D eigenvalue weighted by Gasteiger charge is 2.18. The number of hydrogen-bond donors (Lipinski definition) is 1. The second-order valence-corrected chi connectivity index (χ2v) is 4.87. The first kappa shape index (κ1) is 12.7. The second-order valence-electron chi connectivity index (χ2n) is 4.87. The predicted molar refractivity (Wildman–Crippen MR) is 62.7 cm³/mol. The molecule has 2 N–H and O–H groups in total. The molecule has 3 heteroatoms. The van der Waals surface area contributed by atoms with Crippen LogP contribution < -0.4 is 5.73 Å². The lowest BCUT2D eigenvalue weighted by Crippen LogP contribution is -2.42. The van der Waals surface area contributed by atoms with E-state index in [1.54, 1.807) is 0 Å². The maximum absolute atomic E-state index is 11.7. The third-order valence-electron chi connectivity index (χ3n) is 3.31. The molecule has 1 saturated heterocycles. The molecule has 1 aliphatic rings. The van der Waals surface area contributed by atoms with Gasteiger partial charge in [-0.3, -0.25) is 9.69 Å². The van der Waals surface area contributed by atoms with Crippen LogP contribution in [0.5, 0.6) is 0 Å². The van der Waals surface area contributed by atoms with E-state index in [9.17, 15) is 4.79 Å². The van der Waals surface area contributed by atoms with Gasteiger partial charge in [-0.1, -0.05) is 20.3 Å². The molecule has 0 aliphatic carbocycles. The van der Waals surface area contributed by atoms with Crippen LogP contribution in [-0.2, 0) is 4.79 Å².